The molecule has 0 saturated carbocycles. The van der Waals surface area contributed by atoms with Crippen LogP contribution < -0.4 is 5.73 Å². The minimum atomic E-state index is -1.28. The zero-order chi connectivity index (χ0) is 22.2. The Bertz CT molecular complexity index is 1300. The van der Waals surface area contributed by atoms with Crippen LogP contribution >= 0.6 is 0 Å². The van der Waals surface area contributed by atoms with Gasteiger partial charge in [0.15, 0.2) is 17.7 Å². The molecule has 0 bridgehead atoms. The first-order valence-corrected chi connectivity index (χ1v) is 10.0. The number of nitrogen functional groups attached to an aromatic ring is 1. The Morgan fingerprint density at radius 3 is 2.69 bits per heavy atom. The molecule has 11 nitrogen and oxygen atoms in total. The summed E-state index contributed by atoms with van der Waals surface area (Å²) in [7, 11) is 0. The molecule has 1 saturated heterocycles. The Morgan fingerprint density at radius 1 is 1.06 bits per heavy atom. The molecule has 11 heteroatoms. The summed E-state index contributed by atoms with van der Waals surface area (Å²) >= 11 is 0. The van der Waals surface area contributed by atoms with E-state index < -0.39 is 31.1 Å². The predicted molar refractivity (Wildman–Crippen MR) is 115 cm³/mol. The molecule has 0 radical (unpaired) electrons. The molecule has 0 amide bonds. The van der Waals surface area contributed by atoms with E-state index in [1.807, 2.05) is 42.5 Å². The van der Waals surface area contributed by atoms with Gasteiger partial charge in [0, 0.05) is 0 Å². The highest BCUT2D eigenvalue weighted by molar-refractivity contribution is 5.85. The van der Waals surface area contributed by atoms with E-state index in [1.54, 1.807) is 0 Å². The molecule has 3 heterocycles. The van der Waals surface area contributed by atoms with Crippen molar-refractivity contribution in [2.75, 3.05) is 12.3 Å². The number of azo groups is 1. The highest BCUT2D eigenvalue weighted by atomic mass is 16.6. The number of rotatable bonds is 5. The molecule has 4 atom stereocenters. The van der Waals surface area contributed by atoms with Crippen LogP contribution in [0.15, 0.2) is 59.0 Å². The van der Waals surface area contributed by atoms with Crippen molar-refractivity contribution in [1.29, 1.82) is 0 Å². The fourth-order valence-electron chi connectivity index (χ4n) is 3.87. The largest absolute Gasteiger partial charge is 0.394 e. The van der Waals surface area contributed by atoms with Crippen molar-refractivity contribution < 1.29 is 20.1 Å². The van der Waals surface area contributed by atoms with Gasteiger partial charge in [-0.3, -0.25) is 4.57 Å². The van der Waals surface area contributed by atoms with Crippen LogP contribution in [0.4, 0.5) is 11.8 Å². The van der Waals surface area contributed by atoms with Crippen molar-refractivity contribution in [2.45, 2.75) is 31.1 Å². The number of ether oxygens (including phenoxy) is 1. The maximum atomic E-state index is 10.3. The van der Waals surface area contributed by atoms with Gasteiger partial charge in [-0.25, -0.2) is 4.98 Å². The van der Waals surface area contributed by atoms with E-state index in [2.05, 4.69) is 25.2 Å². The maximum absolute atomic E-state index is 10.3. The molecule has 1 aliphatic rings. The third kappa shape index (κ3) is 3.46. The summed E-state index contributed by atoms with van der Waals surface area (Å²) in [6, 6.07) is 14.0. The van der Waals surface area contributed by atoms with Crippen LogP contribution in [-0.4, -0.2) is 59.8 Å². The standard InChI is InChI=1S/C21H21N7O4/c22-18-15-19(28(10-23-15)20-17(31)16(30)14(9-29)32-20)26-21(25-18)27-24-8-12-6-3-5-11-4-1-2-7-13(11)12/h1-7,10,14,16-17,20,29-31H,8-9H2,(H2,22,25,26)/t14-,16-,17-,20?/m1/s1. The van der Waals surface area contributed by atoms with Crippen LogP contribution in [0.1, 0.15) is 11.8 Å². The van der Waals surface area contributed by atoms with Crippen molar-refractivity contribution in [3.05, 3.63) is 54.4 Å². The maximum Gasteiger partial charge on any atom is 0.272 e. The van der Waals surface area contributed by atoms with Gasteiger partial charge in [-0.15, -0.1) is 5.11 Å². The number of nitrogens with two attached hydrogens (primary N) is 1. The third-order valence-corrected chi connectivity index (χ3v) is 5.51. The summed E-state index contributed by atoms with van der Waals surface area (Å²) < 4.78 is 7.00. The van der Waals surface area contributed by atoms with Crippen LogP contribution in [-0.2, 0) is 11.3 Å². The fourth-order valence-corrected chi connectivity index (χ4v) is 3.87. The van der Waals surface area contributed by atoms with Gasteiger partial charge in [0.1, 0.15) is 23.8 Å². The van der Waals surface area contributed by atoms with Crippen LogP contribution in [0, 0.1) is 0 Å². The molecule has 2 aromatic carbocycles. The second kappa shape index (κ2) is 8.20. The van der Waals surface area contributed by atoms with E-state index in [9.17, 15) is 15.3 Å². The first kappa shape index (κ1) is 20.4. The molecule has 1 unspecified atom stereocenters. The summed E-state index contributed by atoms with van der Waals surface area (Å²) in [6.45, 7) is -0.108. The van der Waals surface area contributed by atoms with Crippen LogP contribution in [0.5, 0.6) is 0 Å². The molecule has 5 rings (SSSR count). The molecule has 1 aliphatic heterocycles. The Balaban J connectivity index is 1.44. The lowest BCUT2D eigenvalue weighted by Crippen LogP contribution is -2.33. The van der Waals surface area contributed by atoms with Crippen LogP contribution in [0.2, 0.25) is 0 Å². The van der Waals surface area contributed by atoms with Crippen molar-refractivity contribution >= 4 is 33.7 Å². The molecule has 0 aliphatic carbocycles. The van der Waals surface area contributed by atoms with E-state index >= 15 is 0 Å². The van der Waals surface area contributed by atoms with Gasteiger partial charge < -0.3 is 25.8 Å². The number of nitrogens with zero attached hydrogens (tertiary/aromatic N) is 6. The minimum Gasteiger partial charge on any atom is -0.394 e. The topological polar surface area (TPSA) is 164 Å². The Labute approximate surface area is 181 Å². The Morgan fingerprint density at radius 2 is 1.88 bits per heavy atom. The lowest BCUT2D eigenvalue weighted by molar-refractivity contribution is -0.0511. The molecule has 2 aromatic heterocycles. The van der Waals surface area contributed by atoms with Crippen molar-refractivity contribution in [1.82, 2.24) is 19.5 Å². The number of anilines is 1. The van der Waals surface area contributed by atoms with E-state index in [1.165, 1.54) is 10.9 Å². The van der Waals surface area contributed by atoms with Gasteiger partial charge in [0.2, 0.25) is 0 Å². The number of hydrogen-bond donors (Lipinski definition) is 4. The molecule has 164 valence electrons. The van der Waals surface area contributed by atoms with E-state index in [4.69, 9.17) is 10.5 Å². The quantitative estimate of drug-likeness (QED) is 0.342. The van der Waals surface area contributed by atoms with Crippen molar-refractivity contribution in [3.8, 4) is 0 Å². The summed E-state index contributed by atoms with van der Waals surface area (Å²) in [5, 5.41) is 40.3. The molecular weight excluding hydrogens is 414 g/mol. The van der Waals surface area contributed by atoms with Gasteiger partial charge in [0.05, 0.1) is 19.5 Å². The predicted octanol–water partition coefficient (Wildman–Crippen LogP) is 1.46. The molecule has 4 aromatic rings. The number of aliphatic hydroxyl groups is 3. The van der Waals surface area contributed by atoms with Gasteiger partial charge in [-0.1, -0.05) is 42.5 Å². The lowest BCUT2D eigenvalue weighted by Gasteiger charge is -2.16. The molecule has 0 spiro atoms. The average molecular weight is 435 g/mol. The smallest absolute Gasteiger partial charge is 0.272 e. The van der Waals surface area contributed by atoms with Crippen LogP contribution in [0.3, 0.4) is 0 Å². The summed E-state index contributed by atoms with van der Waals surface area (Å²) in [4.78, 5) is 12.7. The molecular formula is C21H21N7O4. The highest BCUT2D eigenvalue weighted by Gasteiger charge is 2.44. The molecule has 32 heavy (non-hydrogen) atoms. The number of aliphatic hydroxyl groups excluding tert-OH is 3. The normalized spacial score (nSPS) is 23.6. The number of hydrogen-bond acceptors (Lipinski definition) is 10. The number of imidazole rings is 1. The van der Waals surface area contributed by atoms with Gasteiger partial charge in [0.25, 0.3) is 5.95 Å². The van der Waals surface area contributed by atoms with Gasteiger partial charge in [-0.2, -0.15) is 15.1 Å². The zero-order valence-corrected chi connectivity index (χ0v) is 16.9. The first-order valence-electron chi connectivity index (χ1n) is 10.0. The Kier molecular flexibility index (Phi) is 5.23. The van der Waals surface area contributed by atoms with Crippen molar-refractivity contribution in [2.24, 2.45) is 10.2 Å². The van der Waals surface area contributed by atoms with E-state index in [0.29, 0.717) is 12.1 Å². The zero-order valence-electron chi connectivity index (χ0n) is 16.9. The molecule has 5 N–H and O–H groups in total. The first-order chi connectivity index (χ1) is 15.6. The third-order valence-electron chi connectivity index (χ3n) is 5.51. The highest BCUT2D eigenvalue weighted by Crippen LogP contribution is 2.32. The van der Waals surface area contributed by atoms with Crippen molar-refractivity contribution in [3.63, 3.8) is 0 Å². The molecule has 1 fully saturated rings. The average Bonchev–Trinajstić information content (AvgIpc) is 3.35. The van der Waals surface area contributed by atoms with Crippen LogP contribution in [0.25, 0.3) is 21.9 Å². The number of benzene rings is 2. The minimum absolute atomic E-state index is 0.0312. The monoisotopic (exact) mass is 435 g/mol. The SMILES string of the molecule is Nc1nc(N=NCc2cccc3ccccc23)nc2c1ncn2C1O[C@H](CO)[C@@H](O)[C@H]1O. The summed E-state index contributed by atoms with van der Waals surface area (Å²) in [5.74, 6) is 0.128. The second-order valence-corrected chi connectivity index (χ2v) is 7.50. The summed E-state index contributed by atoms with van der Waals surface area (Å²) in [6.07, 6.45) is -3.07. The number of fused-ring (bicyclic) bond motifs is 2. The fraction of sp³-hybridized carbons (Fsp3) is 0.286. The number of aromatic nitrogens is 4. The second-order valence-electron chi connectivity index (χ2n) is 7.50. The van der Waals surface area contributed by atoms with E-state index in [0.717, 1.165) is 16.3 Å². The Hall–Kier alpha value is -3.51. The lowest BCUT2D eigenvalue weighted by atomic mass is 10.1. The summed E-state index contributed by atoms with van der Waals surface area (Å²) in [5.41, 5.74) is 7.60. The van der Waals surface area contributed by atoms with E-state index in [-0.39, 0.29) is 17.4 Å². The van der Waals surface area contributed by atoms with Gasteiger partial charge >= 0.3 is 0 Å². The van der Waals surface area contributed by atoms with Gasteiger partial charge in [-0.05, 0) is 16.3 Å².